The second-order valence-electron chi connectivity index (χ2n) is 4.84. The van der Waals surface area contributed by atoms with Gasteiger partial charge in [0.1, 0.15) is 5.67 Å². The van der Waals surface area contributed by atoms with Crippen LogP contribution in [0.4, 0.5) is 8.78 Å². The van der Waals surface area contributed by atoms with Gasteiger partial charge in [-0.25, -0.2) is 8.78 Å². The predicted octanol–water partition coefficient (Wildman–Crippen LogP) is 4.65. The summed E-state index contributed by atoms with van der Waals surface area (Å²) in [5.41, 5.74) is -1.72. The van der Waals surface area contributed by atoms with Crippen LogP contribution in [0.5, 0.6) is 0 Å². The predicted molar refractivity (Wildman–Crippen MR) is 63.9 cm³/mol. The Labute approximate surface area is 96.0 Å². The molecule has 0 saturated carbocycles. The normalized spacial score (nSPS) is 15.6. The molecule has 1 aromatic carbocycles. The van der Waals surface area contributed by atoms with Crippen LogP contribution in [0, 0.1) is 0 Å². The lowest BCUT2D eigenvalue weighted by molar-refractivity contribution is 0.218. The van der Waals surface area contributed by atoms with Gasteiger partial charge in [0.05, 0.1) is 0 Å². The van der Waals surface area contributed by atoms with E-state index >= 15 is 0 Å². The number of hydrogen-bond donors (Lipinski definition) is 0. The van der Waals surface area contributed by atoms with Gasteiger partial charge in [-0.1, -0.05) is 24.8 Å². The minimum absolute atomic E-state index is 0.418. The largest absolute Gasteiger partial charge is 0.239 e. The van der Waals surface area contributed by atoms with E-state index in [0.717, 1.165) is 0 Å². The molecule has 0 aliphatic heterocycles. The molecule has 1 atom stereocenters. The zero-order valence-electron chi connectivity index (χ0n) is 10.3. The lowest BCUT2D eigenvalue weighted by Crippen LogP contribution is -2.18. The van der Waals surface area contributed by atoms with Crippen LogP contribution in [-0.4, -0.2) is 0 Å². The summed E-state index contributed by atoms with van der Waals surface area (Å²) in [5.74, 6) is 0. The van der Waals surface area contributed by atoms with E-state index < -0.39 is 11.3 Å². The van der Waals surface area contributed by atoms with E-state index in [2.05, 4.69) is 6.58 Å². The first-order valence-electron chi connectivity index (χ1n) is 5.30. The Hall–Kier alpha value is -1.18. The smallest absolute Gasteiger partial charge is 0.153 e. The molecule has 0 aromatic heterocycles. The van der Waals surface area contributed by atoms with Crippen molar-refractivity contribution in [3.8, 4) is 0 Å². The lowest BCUT2D eigenvalue weighted by Gasteiger charge is -2.23. The van der Waals surface area contributed by atoms with Gasteiger partial charge in [-0.15, -0.1) is 0 Å². The summed E-state index contributed by atoms with van der Waals surface area (Å²) in [6.07, 6.45) is 0. The van der Waals surface area contributed by atoms with Crippen LogP contribution in [0.25, 0.3) is 0 Å². The van der Waals surface area contributed by atoms with Crippen molar-refractivity contribution in [1.82, 2.24) is 0 Å². The van der Waals surface area contributed by atoms with E-state index in [0.29, 0.717) is 16.7 Å². The zero-order chi connectivity index (χ0) is 12.6. The molecule has 1 unspecified atom stereocenters. The minimum atomic E-state index is -1.61. The van der Waals surface area contributed by atoms with Crippen molar-refractivity contribution >= 4 is 0 Å². The summed E-state index contributed by atoms with van der Waals surface area (Å²) >= 11 is 0. The highest BCUT2D eigenvalue weighted by atomic mass is 19.1. The van der Waals surface area contributed by atoms with Crippen LogP contribution < -0.4 is 0 Å². The zero-order valence-corrected chi connectivity index (χ0v) is 10.3. The summed E-state index contributed by atoms with van der Waals surface area (Å²) < 4.78 is 28.0. The maximum Gasteiger partial charge on any atom is 0.153 e. The van der Waals surface area contributed by atoms with Crippen molar-refractivity contribution in [2.45, 2.75) is 39.0 Å². The van der Waals surface area contributed by atoms with E-state index in [-0.39, 0.29) is 0 Å². The molecule has 16 heavy (non-hydrogen) atoms. The number of rotatable bonds is 3. The fourth-order valence-electron chi connectivity index (χ4n) is 1.43. The van der Waals surface area contributed by atoms with Crippen LogP contribution >= 0.6 is 0 Å². The Morgan fingerprint density at radius 3 is 2.06 bits per heavy atom. The Bertz CT molecular complexity index is 397. The lowest BCUT2D eigenvalue weighted by atomic mass is 9.88. The van der Waals surface area contributed by atoms with Crippen molar-refractivity contribution in [3.05, 3.63) is 47.5 Å². The highest BCUT2D eigenvalue weighted by Gasteiger charge is 2.28. The maximum absolute atomic E-state index is 14.3. The molecule has 0 bridgehead atoms. The summed E-state index contributed by atoms with van der Waals surface area (Å²) in [6, 6.07) is 6.56. The molecule has 0 radical (unpaired) electrons. The molecule has 0 spiro atoms. The van der Waals surface area contributed by atoms with Gasteiger partial charge < -0.3 is 0 Å². The molecule has 0 aliphatic rings. The minimum Gasteiger partial charge on any atom is -0.239 e. The molecular weight excluding hydrogens is 206 g/mol. The summed E-state index contributed by atoms with van der Waals surface area (Å²) in [6.45, 7) is 9.62. The maximum atomic E-state index is 14.3. The molecule has 1 rings (SSSR count). The van der Waals surface area contributed by atoms with Gasteiger partial charge in [0.15, 0.2) is 5.67 Å². The van der Waals surface area contributed by atoms with Crippen molar-refractivity contribution in [2.24, 2.45) is 0 Å². The van der Waals surface area contributed by atoms with E-state index in [4.69, 9.17) is 0 Å². The average molecular weight is 224 g/mol. The number of halogens is 2. The van der Waals surface area contributed by atoms with Gasteiger partial charge in [-0.3, -0.25) is 0 Å². The van der Waals surface area contributed by atoms with Gasteiger partial charge in [0, 0.05) is 0 Å². The second kappa shape index (κ2) is 4.00. The van der Waals surface area contributed by atoms with Crippen LogP contribution in [0.2, 0.25) is 0 Å². The van der Waals surface area contributed by atoms with Crippen LogP contribution in [0.15, 0.2) is 36.4 Å². The number of benzene rings is 1. The first-order chi connectivity index (χ1) is 7.15. The first kappa shape index (κ1) is 12.9. The van der Waals surface area contributed by atoms with Crippen LogP contribution in [0.1, 0.15) is 38.8 Å². The number of hydrogen-bond acceptors (Lipinski definition) is 0. The van der Waals surface area contributed by atoms with Crippen LogP contribution in [-0.2, 0) is 11.3 Å². The van der Waals surface area contributed by atoms with Gasteiger partial charge in [0.25, 0.3) is 0 Å². The van der Waals surface area contributed by atoms with Gasteiger partial charge in [-0.05, 0) is 50.5 Å². The first-order valence-corrected chi connectivity index (χ1v) is 5.30. The molecule has 0 N–H and O–H groups in total. The van der Waals surface area contributed by atoms with Crippen molar-refractivity contribution in [3.63, 3.8) is 0 Å². The van der Waals surface area contributed by atoms with E-state index in [1.807, 2.05) is 0 Å². The fraction of sp³-hybridized carbons (Fsp3) is 0.429. The third-order valence-corrected chi connectivity index (χ3v) is 2.89. The van der Waals surface area contributed by atoms with Crippen molar-refractivity contribution in [2.75, 3.05) is 0 Å². The summed E-state index contributed by atoms with van der Waals surface area (Å²) in [7, 11) is 0. The van der Waals surface area contributed by atoms with Crippen LogP contribution in [0.3, 0.4) is 0 Å². The van der Waals surface area contributed by atoms with E-state index in [1.54, 1.807) is 31.2 Å². The molecular formula is C14H18F2. The molecule has 0 saturated heterocycles. The molecule has 0 nitrogen and oxygen atoms in total. The molecule has 0 heterocycles. The SMILES string of the molecule is C=C(C)C(C)(F)c1cccc(C(C)(C)F)c1. The molecule has 1 aromatic rings. The summed E-state index contributed by atoms with van der Waals surface area (Å²) in [5, 5.41) is 0. The third kappa shape index (κ3) is 2.49. The number of alkyl halides is 2. The third-order valence-electron chi connectivity index (χ3n) is 2.89. The highest BCUT2D eigenvalue weighted by Crippen LogP contribution is 2.35. The van der Waals surface area contributed by atoms with Gasteiger partial charge in [0.2, 0.25) is 0 Å². The Balaban J connectivity index is 3.23. The quantitative estimate of drug-likeness (QED) is 0.655. The Morgan fingerprint density at radius 1 is 1.12 bits per heavy atom. The van der Waals surface area contributed by atoms with Crippen molar-refractivity contribution in [1.29, 1.82) is 0 Å². The summed E-state index contributed by atoms with van der Waals surface area (Å²) in [4.78, 5) is 0. The van der Waals surface area contributed by atoms with Gasteiger partial charge >= 0.3 is 0 Å². The Kier molecular flexibility index (Phi) is 3.22. The number of allylic oxidation sites excluding steroid dienone is 1. The van der Waals surface area contributed by atoms with Crippen molar-refractivity contribution < 1.29 is 8.78 Å². The topological polar surface area (TPSA) is 0 Å². The van der Waals surface area contributed by atoms with E-state index in [1.165, 1.54) is 20.8 Å². The van der Waals surface area contributed by atoms with Gasteiger partial charge in [-0.2, -0.15) is 0 Å². The highest BCUT2D eigenvalue weighted by molar-refractivity contribution is 5.35. The fourth-order valence-corrected chi connectivity index (χ4v) is 1.43. The van der Waals surface area contributed by atoms with E-state index in [9.17, 15) is 8.78 Å². The molecule has 88 valence electrons. The second-order valence-corrected chi connectivity index (χ2v) is 4.84. The molecule has 0 fully saturated rings. The molecule has 2 heteroatoms. The molecule has 0 amide bonds. The standard InChI is InChI=1S/C14H18F2/c1-10(2)14(5,16)12-8-6-7-11(9-12)13(3,4)15/h6-9H,1H2,2-5H3. The Morgan fingerprint density at radius 2 is 1.62 bits per heavy atom. The average Bonchev–Trinajstić information content (AvgIpc) is 2.16. The molecule has 0 aliphatic carbocycles. The monoisotopic (exact) mass is 224 g/mol.